The molecular weight excluding hydrogens is 592 g/mol. The number of carbonyl (C=O) groups is 1. The Labute approximate surface area is 273 Å². The number of likely N-dealkylation sites (tertiary alicyclic amines) is 1. The van der Waals surface area contributed by atoms with Gasteiger partial charge in [-0.1, -0.05) is 12.1 Å². The zero-order valence-electron chi connectivity index (χ0n) is 26.7. The lowest BCUT2D eigenvalue weighted by Gasteiger charge is -2.29. The van der Waals surface area contributed by atoms with E-state index in [1.807, 2.05) is 71.9 Å². The topological polar surface area (TPSA) is 111 Å². The molecule has 0 bridgehead atoms. The molecule has 6 heterocycles. The van der Waals surface area contributed by atoms with Crippen molar-refractivity contribution in [1.29, 1.82) is 0 Å². The van der Waals surface area contributed by atoms with Gasteiger partial charge in [-0.3, -0.25) is 9.48 Å². The van der Waals surface area contributed by atoms with Crippen LogP contribution in [-0.4, -0.2) is 68.7 Å². The summed E-state index contributed by atoms with van der Waals surface area (Å²) >= 11 is 0. The molecule has 242 valence electrons. The first-order valence-electron chi connectivity index (χ1n) is 16.7. The number of ether oxygens (including phenoxy) is 2. The van der Waals surface area contributed by atoms with Crippen molar-refractivity contribution in [2.45, 2.75) is 57.3 Å². The van der Waals surface area contributed by atoms with E-state index in [1.54, 1.807) is 0 Å². The number of piperidine rings is 1. The fraction of sp³-hybridized carbons (Fsp3) is 0.389. The van der Waals surface area contributed by atoms with Gasteiger partial charge in [-0.2, -0.15) is 10.2 Å². The highest BCUT2D eigenvalue weighted by Gasteiger charge is 2.25. The maximum Gasteiger partial charge on any atom is 0.255 e. The Balaban J connectivity index is 0.928. The van der Waals surface area contributed by atoms with E-state index in [9.17, 15) is 4.79 Å². The predicted molar refractivity (Wildman–Crippen MR) is 181 cm³/mol. The molecule has 47 heavy (non-hydrogen) atoms. The van der Waals surface area contributed by atoms with Crippen LogP contribution in [0.4, 0.5) is 11.5 Å². The Bertz CT molecular complexity index is 1900. The molecule has 3 aliphatic heterocycles. The molecular formula is C36H40N8O3. The van der Waals surface area contributed by atoms with Gasteiger partial charge in [0.05, 0.1) is 30.6 Å². The Morgan fingerprint density at radius 1 is 1.00 bits per heavy atom. The van der Waals surface area contributed by atoms with Crippen molar-refractivity contribution in [2.24, 2.45) is 0 Å². The third-order valence-corrected chi connectivity index (χ3v) is 9.63. The van der Waals surface area contributed by atoms with Crippen LogP contribution in [0.25, 0.3) is 22.0 Å². The van der Waals surface area contributed by atoms with E-state index in [0.717, 1.165) is 109 Å². The van der Waals surface area contributed by atoms with Crippen molar-refractivity contribution in [3.63, 3.8) is 0 Å². The molecule has 0 saturated carbocycles. The van der Waals surface area contributed by atoms with Crippen molar-refractivity contribution in [3.05, 3.63) is 83.9 Å². The van der Waals surface area contributed by atoms with E-state index in [1.165, 1.54) is 0 Å². The monoisotopic (exact) mass is 632 g/mol. The fourth-order valence-electron chi connectivity index (χ4n) is 6.99. The number of amides is 1. The number of anilines is 2. The van der Waals surface area contributed by atoms with Crippen molar-refractivity contribution in [2.75, 3.05) is 44.0 Å². The Kier molecular flexibility index (Phi) is 8.08. The number of rotatable bonds is 8. The van der Waals surface area contributed by atoms with Crippen molar-refractivity contribution >= 4 is 28.3 Å². The second kappa shape index (κ2) is 12.8. The van der Waals surface area contributed by atoms with Gasteiger partial charge < -0.3 is 25.0 Å². The molecule has 3 aliphatic rings. The van der Waals surface area contributed by atoms with Crippen LogP contribution in [-0.2, 0) is 17.7 Å². The molecule has 0 aliphatic carbocycles. The molecule has 2 fully saturated rings. The third-order valence-electron chi connectivity index (χ3n) is 9.63. The Morgan fingerprint density at radius 3 is 2.79 bits per heavy atom. The van der Waals surface area contributed by atoms with Gasteiger partial charge in [0.15, 0.2) is 0 Å². The maximum absolute atomic E-state index is 13.3. The van der Waals surface area contributed by atoms with Crippen LogP contribution >= 0.6 is 0 Å². The highest BCUT2D eigenvalue weighted by molar-refractivity contribution is 6.06. The lowest BCUT2D eigenvalue weighted by atomic mass is 10.1. The Hall–Kier alpha value is -4.74. The highest BCUT2D eigenvalue weighted by atomic mass is 16.5. The summed E-state index contributed by atoms with van der Waals surface area (Å²) in [6.45, 7) is 4.10. The molecule has 0 radical (unpaired) electrons. The van der Waals surface area contributed by atoms with Crippen molar-refractivity contribution in [3.8, 4) is 16.9 Å². The third kappa shape index (κ3) is 6.08. The van der Waals surface area contributed by atoms with Gasteiger partial charge in [-0.15, -0.1) is 0 Å². The minimum absolute atomic E-state index is 0.0106. The molecule has 1 unspecified atom stereocenters. The van der Waals surface area contributed by atoms with E-state index in [-0.39, 0.29) is 12.1 Å². The van der Waals surface area contributed by atoms with Gasteiger partial charge in [-0.05, 0) is 88.1 Å². The van der Waals surface area contributed by atoms with Gasteiger partial charge in [-0.25, -0.2) is 9.67 Å². The molecule has 1 amide bonds. The molecule has 3 aromatic heterocycles. The van der Waals surface area contributed by atoms with E-state index >= 15 is 0 Å². The lowest BCUT2D eigenvalue weighted by Crippen LogP contribution is -2.31. The lowest BCUT2D eigenvalue weighted by molar-refractivity contribution is -0.0394. The fourth-order valence-corrected chi connectivity index (χ4v) is 6.99. The zero-order valence-corrected chi connectivity index (χ0v) is 26.7. The van der Waals surface area contributed by atoms with E-state index in [0.29, 0.717) is 24.8 Å². The molecule has 5 aromatic rings. The minimum atomic E-state index is -0.144. The average Bonchev–Trinajstić information content (AvgIpc) is 3.89. The number of benzene rings is 2. The van der Waals surface area contributed by atoms with Crippen molar-refractivity contribution < 1.29 is 14.3 Å². The number of nitrogens with zero attached hydrogens (tertiary/aromatic N) is 6. The predicted octanol–water partition coefficient (Wildman–Crippen LogP) is 6.06. The largest absolute Gasteiger partial charge is 0.492 e. The van der Waals surface area contributed by atoms with Crippen LogP contribution in [0, 0.1) is 0 Å². The maximum atomic E-state index is 13.3. The molecule has 2 aromatic carbocycles. The molecule has 2 saturated heterocycles. The van der Waals surface area contributed by atoms with Crippen LogP contribution < -0.4 is 15.4 Å². The molecule has 0 spiro atoms. The van der Waals surface area contributed by atoms with E-state index in [4.69, 9.17) is 14.5 Å². The molecule has 8 rings (SSSR count). The zero-order chi connectivity index (χ0) is 31.7. The quantitative estimate of drug-likeness (QED) is 0.212. The summed E-state index contributed by atoms with van der Waals surface area (Å²) in [5, 5.41) is 16.8. The first-order chi connectivity index (χ1) is 23.1. The second-order valence-corrected chi connectivity index (χ2v) is 12.9. The van der Waals surface area contributed by atoms with Gasteiger partial charge >= 0.3 is 0 Å². The van der Waals surface area contributed by atoms with Gasteiger partial charge in [0, 0.05) is 65.3 Å². The van der Waals surface area contributed by atoms with Crippen LogP contribution in [0.2, 0.25) is 0 Å². The average molecular weight is 633 g/mol. The highest BCUT2D eigenvalue weighted by Crippen LogP contribution is 2.40. The summed E-state index contributed by atoms with van der Waals surface area (Å²) < 4.78 is 16.0. The number of nitrogens with one attached hydrogen (secondary N) is 2. The number of carbonyl (C=O) groups excluding carboxylic acids is 1. The summed E-state index contributed by atoms with van der Waals surface area (Å²) in [7, 11) is 2.16. The second-order valence-electron chi connectivity index (χ2n) is 12.9. The smallest absolute Gasteiger partial charge is 0.255 e. The molecule has 11 heteroatoms. The van der Waals surface area contributed by atoms with Gasteiger partial charge in [0.2, 0.25) is 0 Å². The van der Waals surface area contributed by atoms with Crippen LogP contribution in [0.3, 0.4) is 0 Å². The van der Waals surface area contributed by atoms with Gasteiger partial charge in [0.25, 0.3) is 5.91 Å². The number of pyridine rings is 1. The summed E-state index contributed by atoms with van der Waals surface area (Å²) in [5.41, 5.74) is 6.46. The summed E-state index contributed by atoms with van der Waals surface area (Å²) in [6.07, 6.45) is 13.8. The number of fused-ring (bicyclic) bond motifs is 2. The van der Waals surface area contributed by atoms with E-state index in [2.05, 4.69) is 37.5 Å². The van der Waals surface area contributed by atoms with Crippen LogP contribution in [0.1, 0.15) is 65.9 Å². The summed E-state index contributed by atoms with van der Waals surface area (Å²) in [6, 6.07) is 14.1. The number of hydrogen-bond acceptors (Lipinski definition) is 8. The van der Waals surface area contributed by atoms with Crippen LogP contribution in [0.5, 0.6) is 5.75 Å². The van der Waals surface area contributed by atoms with Gasteiger partial charge in [0.1, 0.15) is 17.8 Å². The summed E-state index contributed by atoms with van der Waals surface area (Å²) in [5.74, 6) is 1.53. The normalized spacial score (nSPS) is 18.6. The first kappa shape index (κ1) is 29.6. The molecule has 2 N–H and O–H groups in total. The minimum Gasteiger partial charge on any atom is -0.492 e. The molecule has 1 atom stereocenters. The standard InChI is InChI=1S/C36H40N8O3/c1-42-13-10-29(11-14-42)44-32-9-8-25(18-26(32)20-40-44)36(45)41-28-6-4-5-24(17-28)19-37-35-30-12-16-47-34(30)31(22-38-35)27-21-39-43(23-27)33-7-2-3-15-46-33/h4-6,8-9,17-18,20-23,29,33H,2-3,7,10-16,19H2,1H3,(H,37,38)(H,41,45). The van der Waals surface area contributed by atoms with Crippen molar-refractivity contribution in [1.82, 2.24) is 29.4 Å². The Morgan fingerprint density at radius 2 is 1.91 bits per heavy atom. The first-order valence-corrected chi connectivity index (χ1v) is 16.7. The number of aromatic nitrogens is 5. The molecule has 11 nitrogen and oxygen atoms in total. The van der Waals surface area contributed by atoms with Crippen LogP contribution in [0.15, 0.2) is 67.3 Å². The van der Waals surface area contributed by atoms with E-state index < -0.39 is 0 Å². The SMILES string of the molecule is CN1CCC(n2ncc3cc(C(=O)Nc4cccc(CNc5ncc(-c6cnn(C7CCCCO7)c6)c6c5CCO6)c4)ccc32)CC1. The number of hydrogen-bond donors (Lipinski definition) is 2. The summed E-state index contributed by atoms with van der Waals surface area (Å²) in [4.78, 5) is 20.4.